The van der Waals surface area contributed by atoms with Crippen LogP contribution in [0.3, 0.4) is 0 Å². The molecule has 1 aliphatic rings. The number of aldehydes is 1. The maximum atomic E-state index is 11.2. The van der Waals surface area contributed by atoms with Crippen LogP contribution in [0.25, 0.3) is 0 Å². The Balaban J connectivity index is 2.59. The number of allylic oxidation sites excluding steroid dienone is 4. The van der Waals surface area contributed by atoms with Crippen molar-refractivity contribution in [2.75, 3.05) is 7.11 Å². The second-order valence-corrected chi connectivity index (χ2v) is 3.39. The molecular formula is C11H14O3. The fourth-order valence-corrected chi connectivity index (χ4v) is 1.47. The van der Waals surface area contributed by atoms with E-state index in [1.807, 2.05) is 19.1 Å². The fraction of sp³-hybridized carbons (Fsp3) is 0.455. The molecular weight excluding hydrogens is 180 g/mol. The van der Waals surface area contributed by atoms with Crippen LogP contribution in [0, 0.1) is 11.8 Å². The summed E-state index contributed by atoms with van der Waals surface area (Å²) >= 11 is 0. The van der Waals surface area contributed by atoms with Gasteiger partial charge in [0.1, 0.15) is 6.29 Å². The van der Waals surface area contributed by atoms with Gasteiger partial charge in [-0.05, 0) is 12.3 Å². The summed E-state index contributed by atoms with van der Waals surface area (Å²) < 4.78 is 4.66. The quantitative estimate of drug-likeness (QED) is 0.505. The number of rotatable bonds is 3. The van der Waals surface area contributed by atoms with Gasteiger partial charge in [-0.25, -0.2) is 0 Å². The summed E-state index contributed by atoms with van der Waals surface area (Å²) in [7, 11) is 1.39. The molecule has 0 aliphatic heterocycles. The number of carbonyl (C=O) groups excluding carboxylic acids is 2. The molecule has 0 aromatic carbocycles. The van der Waals surface area contributed by atoms with E-state index < -0.39 is 0 Å². The van der Waals surface area contributed by atoms with Crippen LogP contribution < -0.4 is 0 Å². The molecule has 0 aromatic rings. The first-order valence-corrected chi connectivity index (χ1v) is 4.60. The van der Waals surface area contributed by atoms with Gasteiger partial charge in [-0.2, -0.15) is 0 Å². The lowest BCUT2D eigenvalue weighted by Gasteiger charge is -2.19. The van der Waals surface area contributed by atoms with E-state index in [1.165, 1.54) is 7.11 Å². The Kier molecular flexibility index (Phi) is 3.63. The average Bonchev–Trinajstić information content (AvgIpc) is 2.27. The van der Waals surface area contributed by atoms with E-state index in [4.69, 9.17) is 0 Å². The minimum atomic E-state index is -0.206. The van der Waals surface area contributed by atoms with Crippen molar-refractivity contribution in [3.05, 3.63) is 23.8 Å². The molecule has 76 valence electrons. The van der Waals surface area contributed by atoms with Crippen LogP contribution in [0.5, 0.6) is 0 Å². The first-order chi connectivity index (χ1) is 6.69. The molecule has 3 nitrogen and oxygen atoms in total. The van der Waals surface area contributed by atoms with Gasteiger partial charge in [-0.15, -0.1) is 0 Å². The number of ether oxygens (including phenoxy) is 1. The van der Waals surface area contributed by atoms with Crippen molar-refractivity contribution in [1.29, 1.82) is 0 Å². The number of esters is 1. The van der Waals surface area contributed by atoms with Crippen molar-refractivity contribution in [1.82, 2.24) is 0 Å². The van der Waals surface area contributed by atoms with E-state index in [2.05, 4.69) is 4.74 Å². The van der Waals surface area contributed by atoms with Crippen LogP contribution in [0.4, 0.5) is 0 Å². The highest BCUT2D eigenvalue weighted by molar-refractivity contribution is 5.78. The molecule has 1 aliphatic carbocycles. The molecule has 0 saturated carbocycles. The molecule has 2 atom stereocenters. The van der Waals surface area contributed by atoms with Gasteiger partial charge < -0.3 is 4.74 Å². The molecule has 14 heavy (non-hydrogen) atoms. The molecule has 0 spiro atoms. The van der Waals surface area contributed by atoms with Crippen LogP contribution in [-0.4, -0.2) is 19.4 Å². The summed E-state index contributed by atoms with van der Waals surface area (Å²) in [5.74, 6) is -0.213. The highest BCUT2D eigenvalue weighted by Crippen LogP contribution is 2.23. The van der Waals surface area contributed by atoms with Gasteiger partial charge in [0.2, 0.25) is 0 Å². The van der Waals surface area contributed by atoms with Gasteiger partial charge in [0, 0.05) is 5.57 Å². The zero-order chi connectivity index (χ0) is 10.6. The van der Waals surface area contributed by atoms with Crippen LogP contribution in [-0.2, 0) is 14.3 Å². The van der Waals surface area contributed by atoms with E-state index in [0.717, 1.165) is 12.7 Å². The first kappa shape index (κ1) is 10.7. The van der Waals surface area contributed by atoms with E-state index in [-0.39, 0.29) is 17.8 Å². The SMILES string of the molecule is COC(=O)C(C)C1C=CC(C=O)=CC1. The van der Waals surface area contributed by atoms with Crippen molar-refractivity contribution >= 4 is 12.3 Å². The first-order valence-electron chi connectivity index (χ1n) is 4.60. The van der Waals surface area contributed by atoms with Gasteiger partial charge in [0.25, 0.3) is 0 Å². The molecule has 1 rings (SSSR count). The minimum Gasteiger partial charge on any atom is -0.469 e. The Morgan fingerprint density at radius 1 is 1.71 bits per heavy atom. The maximum Gasteiger partial charge on any atom is 0.308 e. The summed E-state index contributed by atoms with van der Waals surface area (Å²) in [6, 6.07) is 0. The Bertz CT molecular complexity index is 289. The second kappa shape index (κ2) is 4.74. The lowest BCUT2D eigenvalue weighted by Crippen LogP contribution is -2.21. The molecule has 0 fully saturated rings. The third-order valence-electron chi connectivity index (χ3n) is 2.51. The Morgan fingerprint density at radius 2 is 2.43 bits per heavy atom. The third-order valence-corrected chi connectivity index (χ3v) is 2.51. The zero-order valence-corrected chi connectivity index (χ0v) is 8.40. The standard InChI is InChI=1S/C11H14O3/c1-8(11(13)14-2)10-5-3-9(7-12)4-6-10/h3-5,7-8,10H,6H2,1-2H3. The summed E-state index contributed by atoms with van der Waals surface area (Å²) in [5, 5.41) is 0. The zero-order valence-electron chi connectivity index (χ0n) is 8.40. The van der Waals surface area contributed by atoms with E-state index in [9.17, 15) is 9.59 Å². The number of hydrogen-bond acceptors (Lipinski definition) is 3. The van der Waals surface area contributed by atoms with Crippen molar-refractivity contribution in [2.24, 2.45) is 11.8 Å². The third kappa shape index (κ3) is 2.31. The maximum absolute atomic E-state index is 11.2. The van der Waals surface area contributed by atoms with Crippen LogP contribution >= 0.6 is 0 Å². The number of carbonyl (C=O) groups is 2. The van der Waals surface area contributed by atoms with Gasteiger partial charge in [0.15, 0.2) is 0 Å². The molecule has 0 amide bonds. The molecule has 0 radical (unpaired) electrons. The molecule has 0 bridgehead atoms. The Labute approximate surface area is 83.4 Å². The number of methoxy groups -OCH3 is 1. The summed E-state index contributed by atoms with van der Waals surface area (Å²) in [5.41, 5.74) is 0.679. The van der Waals surface area contributed by atoms with Gasteiger partial charge >= 0.3 is 5.97 Å². The summed E-state index contributed by atoms with van der Waals surface area (Å²) in [6.45, 7) is 1.83. The highest BCUT2D eigenvalue weighted by atomic mass is 16.5. The lowest BCUT2D eigenvalue weighted by molar-refractivity contribution is -0.146. The molecule has 0 saturated heterocycles. The predicted octanol–water partition coefficient (Wildman–Crippen LogP) is 1.50. The van der Waals surface area contributed by atoms with E-state index in [0.29, 0.717) is 5.57 Å². The van der Waals surface area contributed by atoms with Crippen LogP contribution in [0.1, 0.15) is 13.3 Å². The Hall–Kier alpha value is -1.38. The largest absolute Gasteiger partial charge is 0.469 e. The molecule has 0 heterocycles. The highest BCUT2D eigenvalue weighted by Gasteiger charge is 2.23. The van der Waals surface area contributed by atoms with E-state index in [1.54, 1.807) is 6.08 Å². The van der Waals surface area contributed by atoms with Crippen molar-refractivity contribution < 1.29 is 14.3 Å². The van der Waals surface area contributed by atoms with E-state index >= 15 is 0 Å². The van der Waals surface area contributed by atoms with Crippen LogP contribution in [0.2, 0.25) is 0 Å². The van der Waals surface area contributed by atoms with Crippen molar-refractivity contribution in [2.45, 2.75) is 13.3 Å². The minimum absolute atomic E-state index is 0.145. The lowest BCUT2D eigenvalue weighted by atomic mass is 9.87. The second-order valence-electron chi connectivity index (χ2n) is 3.39. The summed E-state index contributed by atoms with van der Waals surface area (Å²) in [6.07, 6.45) is 7.03. The molecule has 0 aromatic heterocycles. The van der Waals surface area contributed by atoms with Gasteiger partial charge in [0.05, 0.1) is 13.0 Å². The molecule has 0 N–H and O–H groups in total. The Morgan fingerprint density at radius 3 is 2.86 bits per heavy atom. The molecule has 3 heteroatoms. The van der Waals surface area contributed by atoms with Crippen molar-refractivity contribution in [3.8, 4) is 0 Å². The van der Waals surface area contributed by atoms with Gasteiger partial charge in [-0.1, -0.05) is 25.2 Å². The molecule has 2 unspecified atom stereocenters. The fourth-order valence-electron chi connectivity index (χ4n) is 1.47. The average molecular weight is 194 g/mol. The summed E-state index contributed by atoms with van der Waals surface area (Å²) in [4.78, 5) is 21.6. The smallest absolute Gasteiger partial charge is 0.308 e. The number of hydrogen-bond donors (Lipinski definition) is 0. The predicted molar refractivity (Wildman–Crippen MR) is 52.6 cm³/mol. The monoisotopic (exact) mass is 194 g/mol. The van der Waals surface area contributed by atoms with Crippen molar-refractivity contribution in [3.63, 3.8) is 0 Å². The topological polar surface area (TPSA) is 43.4 Å². The van der Waals surface area contributed by atoms with Gasteiger partial charge in [-0.3, -0.25) is 9.59 Å². The van der Waals surface area contributed by atoms with Crippen LogP contribution in [0.15, 0.2) is 23.8 Å². The normalized spacial score (nSPS) is 22.4.